The number of ether oxygens (including phenoxy) is 2. The lowest BCUT2D eigenvalue weighted by atomic mass is 10.1. The van der Waals surface area contributed by atoms with Crippen LogP contribution in [0.15, 0.2) is 64.5 Å². The lowest BCUT2D eigenvalue weighted by molar-refractivity contribution is -0.132. The van der Waals surface area contributed by atoms with Crippen LogP contribution in [0.25, 0.3) is 0 Å². The summed E-state index contributed by atoms with van der Waals surface area (Å²) in [6.45, 7) is 4.79. The number of anilines is 1. The second-order valence-corrected chi connectivity index (χ2v) is 10.4. The van der Waals surface area contributed by atoms with Crippen molar-refractivity contribution in [2.75, 3.05) is 32.6 Å². The van der Waals surface area contributed by atoms with Crippen molar-refractivity contribution in [3.8, 4) is 11.5 Å². The fourth-order valence-electron chi connectivity index (χ4n) is 3.65. The van der Waals surface area contributed by atoms with E-state index in [1.54, 1.807) is 30.5 Å². The molecule has 1 N–H and O–H groups in total. The Hall–Kier alpha value is -3.04. The topological polar surface area (TPSA) is 71.1 Å². The number of carbonyl (C=O) groups excluding carboxylic acids is 2. The molecule has 0 aliphatic carbocycles. The molecule has 0 atom stereocenters. The number of amides is 3. The number of thiophene rings is 1. The molecule has 0 spiro atoms. The predicted octanol–water partition coefficient (Wildman–Crippen LogP) is 6.04. The molecule has 0 fully saturated rings. The first-order chi connectivity index (χ1) is 17.3. The van der Waals surface area contributed by atoms with Gasteiger partial charge in [-0.1, -0.05) is 28.1 Å². The van der Waals surface area contributed by atoms with Crippen molar-refractivity contribution in [1.82, 2.24) is 9.80 Å². The van der Waals surface area contributed by atoms with Crippen LogP contribution in [0.4, 0.5) is 10.5 Å². The number of hydrogen-bond acceptors (Lipinski definition) is 5. The quantitative estimate of drug-likeness (QED) is 0.303. The minimum Gasteiger partial charge on any atom is -0.493 e. The maximum Gasteiger partial charge on any atom is 0.322 e. The van der Waals surface area contributed by atoms with E-state index < -0.39 is 0 Å². The summed E-state index contributed by atoms with van der Waals surface area (Å²) in [5, 5.41) is 4.89. The molecule has 0 saturated heterocycles. The molecule has 0 saturated carbocycles. The summed E-state index contributed by atoms with van der Waals surface area (Å²) >= 11 is 5.01. The van der Waals surface area contributed by atoms with Gasteiger partial charge in [-0.15, -0.1) is 11.3 Å². The first-order valence-electron chi connectivity index (χ1n) is 11.6. The van der Waals surface area contributed by atoms with Crippen LogP contribution in [-0.4, -0.2) is 55.1 Å². The number of nitrogens with zero attached hydrogens (tertiary/aromatic N) is 2. The van der Waals surface area contributed by atoms with Crippen LogP contribution in [0.2, 0.25) is 0 Å². The number of methoxy groups -OCH3 is 2. The van der Waals surface area contributed by atoms with Gasteiger partial charge in [-0.05, 0) is 73.7 Å². The summed E-state index contributed by atoms with van der Waals surface area (Å²) in [7, 11) is 3.21. The molecule has 1 heterocycles. The fraction of sp³-hybridized carbons (Fsp3) is 0.333. The van der Waals surface area contributed by atoms with E-state index in [9.17, 15) is 9.59 Å². The normalized spacial score (nSPS) is 10.7. The van der Waals surface area contributed by atoms with Gasteiger partial charge in [-0.3, -0.25) is 4.79 Å². The van der Waals surface area contributed by atoms with E-state index in [-0.39, 0.29) is 24.5 Å². The van der Waals surface area contributed by atoms with Crippen LogP contribution < -0.4 is 14.8 Å². The Bertz CT molecular complexity index is 1140. The Balaban J connectivity index is 1.72. The molecular weight excluding hydrogens is 542 g/mol. The SMILES string of the molecule is COc1ccc(CCN(Cc2cccs2)C(=O)CN(C(=O)Nc2ccc(Br)cc2)C(C)C)cc1OC. The molecule has 0 bridgehead atoms. The van der Waals surface area contributed by atoms with E-state index in [2.05, 4.69) is 21.2 Å². The fourth-order valence-corrected chi connectivity index (χ4v) is 4.63. The van der Waals surface area contributed by atoms with E-state index in [4.69, 9.17) is 9.47 Å². The molecule has 9 heteroatoms. The minimum atomic E-state index is -0.309. The van der Waals surface area contributed by atoms with Crippen LogP contribution in [0.1, 0.15) is 24.3 Å². The standard InChI is InChI=1S/C27H32BrN3O4S/c1-19(2)31(27(33)29-22-10-8-21(28)9-11-22)18-26(32)30(17-23-6-5-15-36-23)14-13-20-7-12-24(34-3)25(16-20)35-4/h5-12,15-16,19H,13-14,17-18H2,1-4H3,(H,29,33). The summed E-state index contributed by atoms with van der Waals surface area (Å²) in [5.41, 5.74) is 1.70. The second kappa shape index (κ2) is 13.3. The van der Waals surface area contributed by atoms with Crippen LogP contribution in [-0.2, 0) is 17.8 Å². The molecule has 0 aliphatic heterocycles. The van der Waals surface area contributed by atoms with Gasteiger partial charge in [0.25, 0.3) is 0 Å². The average molecular weight is 575 g/mol. The Morgan fingerprint density at radius 1 is 1.03 bits per heavy atom. The molecule has 0 unspecified atom stereocenters. The molecule has 36 heavy (non-hydrogen) atoms. The molecular formula is C27H32BrN3O4S. The van der Waals surface area contributed by atoms with Gasteiger partial charge in [-0.2, -0.15) is 0 Å². The molecule has 3 aromatic rings. The third-order valence-corrected chi connectivity index (χ3v) is 7.07. The minimum absolute atomic E-state index is 0.0165. The largest absolute Gasteiger partial charge is 0.493 e. The summed E-state index contributed by atoms with van der Waals surface area (Å²) in [4.78, 5) is 31.0. The molecule has 2 aromatic carbocycles. The highest BCUT2D eigenvalue weighted by atomic mass is 79.9. The Morgan fingerprint density at radius 2 is 1.75 bits per heavy atom. The van der Waals surface area contributed by atoms with Crippen LogP contribution in [0.3, 0.4) is 0 Å². The maximum absolute atomic E-state index is 13.5. The van der Waals surface area contributed by atoms with E-state index in [1.807, 2.05) is 78.7 Å². The third-order valence-electron chi connectivity index (χ3n) is 5.68. The number of carbonyl (C=O) groups is 2. The molecule has 3 rings (SSSR count). The maximum atomic E-state index is 13.5. The van der Waals surface area contributed by atoms with Gasteiger partial charge in [0.05, 0.1) is 20.8 Å². The predicted molar refractivity (Wildman–Crippen MR) is 148 cm³/mol. The highest BCUT2D eigenvalue weighted by molar-refractivity contribution is 9.10. The number of benzene rings is 2. The first-order valence-corrected chi connectivity index (χ1v) is 13.3. The van der Waals surface area contributed by atoms with Gasteiger partial charge in [0.1, 0.15) is 6.54 Å². The summed E-state index contributed by atoms with van der Waals surface area (Å²) in [6.07, 6.45) is 0.643. The number of hydrogen-bond donors (Lipinski definition) is 1. The molecule has 3 amide bonds. The smallest absolute Gasteiger partial charge is 0.322 e. The molecule has 7 nitrogen and oxygen atoms in total. The van der Waals surface area contributed by atoms with Gasteiger partial charge in [0.2, 0.25) is 5.91 Å². The Labute approximate surface area is 225 Å². The first kappa shape index (κ1) is 27.5. The highest BCUT2D eigenvalue weighted by Crippen LogP contribution is 2.28. The molecule has 192 valence electrons. The number of urea groups is 1. The second-order valence-electron chi connectivity index (χ2n) is 8.49. The number of rotatable bonds is 11. The Kier molecular flexibility index (Phi) is 10.2. The highest BCUT2D eigenvalue weighted by Gasteiger charge is 2.24. The zero-order valence-corrected chi connectivity index (χ0v) is 23.4. The van der Waals surface area contributed by atoms with E-state index >= 15 is 0 Å². The van der Waals surface area contributed by atoms with Gasteiger partial charge in [0.15, 0.2) is 11.5 Å². The van der Waals surface area contributed by atoms with Crippen LogP contribution >= 0.6 is 27.3 Å². The lowest BCUT2D eigenvalue weighted by Crippen LogP contribution is -2.47. The zero-order chi connectivity index (χ0) is 26.1. The average Bonchev–Trinajstić information content (AvgIpc) is 3.39. The van der Waals surface area contributed by atoms with E-state index in [0.717, 1.165) is 14.9 Å². The Morgan fingerprint density at radius 3 is 2.36 bits per heavy atom. The molecule has 1 aromatic heterocycles. The van der Waals surface area contributed by atoms with Crippen molar-refractivity contribution in [3.05, 3.63) is 74.9 Å². The van der Waals surface area contributed by atoms with Gasteiger partial charge < -0.3 is 24.6 Å². The van der Waals surface area contributed by atoms with Crippen molar-refractivity contribution < 1.29 is 19.1 Å². The monoisotopic (exact) mass is 573 g/mol. The molecule has 0 aliphatic rings. The van der Waals surface area contributed by atoms with Crippen molar-refractivity contribution in [3.63, 3.8) is 0 Å². The number of halogens is 1. The third kappa shape index (κ3) is 7.73. The van der Waals surface area contributed by atoms with Gasteiger partial charge in [0, 0.05) is 27.6 Å². The lowest BCUT2D eigenvalue weighted by Gasteiger charge is -2.30. The summed E-state index contributed by atoms with van der Waals surface area (Å²) < 4.78 is 11.7. The molecule has 0 radical (unpaired) electrons. The number of nitrogens with one attached hydrogen (secondary N) is 1. The van der Waals surface area contributed by atoms with Crippen LogP contribution in [0.5, 0.6) is 11.5 Å². The zero-order valence-electron chi connectivity index (χ0n) is 21.0. The van der Waals surface area contributed by atoms with E-state index in [1.165, 1.54) is 0 Å². The summed E-state index contributed by atoms with van der Waals surface area (Å²) in [6, 6.07) is 16.6. The van der Waals surface area contributed by atoms with Gasteiger partial charge in [-0.25, -0.2) is 4.79 Å². The van der Waals surface area contributed by atoms with Crippen molar-refractivity contribution in [2.24, 2.45) is 0 Å². The van der Waals surface area contributed by atoms with Crippen molar-refractivity contribution in [1.29, 1.82) is 0 Å². The van der Waals surface area contributed by atoms with Crippen LogP contribution in [0, 0.1) is 0 Å². The summed E-state index contributed by atoms with van der Waals surface area (Å²) in [5.74, 6) is 1.21. The van der Waals surface area contributed by atoms with E-state index in [0.29, 0.717) is 36.7 Å². The van der Waals surface area contributed by atoms with Crippen molar-refractivity contribution in [2.45, 2.75) is 32.9 Å². The van der Waals surface area contributed by atoms with Gasteiger partial charge >= 0.3 is 6.03 Å². The van der Waals surface area contributed by atoms with Crippen molar-refractivity contribution >= 4 is 44.9 Å².